The van der Waals surface area contributed by atoms with Crippen molar-refractivity contribution >= 4 is 0 Å². The van der Waals surface area contributed by atoms with Crippen LogP contribution >= 0.6 is 0 Å². The molecule has 0 saturated carbocycles. The van der Waals surface area contributed by atoms with Crippen molar-refractivity contribution in [2.45, 2.75) is 48.5 Å². The van der Waals surface area contributed by atoms with Gasteiger partial charge in [-0.2, -0.15) is 0 Å². The highest BCUT2D eigenvalue weighted by Crippen LogP contribution is 2.55. The highest BCUT2D eigenvalue weighted by atomic mass is 14.5. The van der Waals surface area contributed by atoms with Crippen molar-refractivity contribution in [3.05, 3.63) is 23.3 Å². The van der Waals surface area contributed by atoms with E-state index in [1.165, 1.54) is 11.1 Å². The Morgan fingerprint density at radius 2 is 1.43 bits per heavy atom. The summed E-state index contributed by atoms with van der Waals surface area (Å²) in [4.78, 5) is 0. The van der Waals surface area contributed by atoms with E-state index in [0.29, 0.717) is 16.7 Å². The van der Waals surface area contributed by atoms with E-state index in [1.807, 2.05) is 0 Å². The average Bonchev–Trinajstić information content (AvgIpc) is 1.93. The highest BCUT2D eigenvalue weighted by molar-refractivity contribution is 5.52. The summed E-state index contributed by atoms with van der Waals surface area (Å²) in [6, 6.07) is 0. The first-order valence-electron chi connectivity index (χ1n) is 5.47. The van der Waals surface area contributed by atoms with Crippen molar-refractivity contribution in [3.8, 4) is 0 Å². The van der Waals surface area contributed by atoms with E-state index in [0.717, 1.165) is 0 Å². The Labute approximate surface area is 89.1 Å². The van der Waals surface area contributed by atoms with Crippen LogP contribution in [0.5, 0.6) is 0 Å². The van der Waals surface area contributed by atoms with Gasteiger partial charge in [0.05, 0.1) is 0 Å². The van der Waals surface area contributed by atoms with Gasteiger partial charge in [0.25, 0.3) is 0 Å². The van der Waals surface area contributed by atoms with Crippen LogP contribution in [0.2, 0.25) is 0 Å². The zero-order chi connectivity index (χ0) is 11.3. The van der Waals surface area contributed by atoms with Crippen molar-refractivity contribution in [2.75, 3.05) is 0 Å². The zero-order valence-electron chi connectivity index (χ0n) is 10.8. The maximum Gasteiger partial charge on any atom is 0.0105 e. The molecule has 0 aromatic rings. The summed E-state index contributed by atoms with van der Waals surface area (Å²) in [6.45, 7) is 20.2. The Morgan fingerprint density at radius 3 is 1.64 bits per heavy atom. The number of hydrogen-bond acceptors (Lipinski definition) is 0. The minimum absolute atomic E-state index is 0.295. The van der Waals surface area contributed by atoms with Crippen molar-refractivity contribution in [1.29, 1.82) is 0 Å². The maximum absolute atomic E-state index is 4.20. The molecule has 1 aliphatic carbocycles. The van der Waals surface area contributed by atoms with Gasteiger partial charge in [0.1, 0.15) is 0 Å². The van der Waals surface area contributed by atoms with Gasteiger partial charge in [0.2, 0.25) is 0 Å². The van der Waals surface area contributed by atoms with Gasteiger partial charge in [-0.25, -0.2) is 0 Å². The lowest BCUT2D eigenvalue weighted by Gasteiger charge is -2.48. The average molecular weight is 192 g/mol. The molecule has 0 bridgehead atoms. The molecule has 1 unspecified atom stereocenters. The van der Waals surface area contributed by atoms with E-state index < -0.39 is 0 Å². The Morgan fingerprint density at radius 1 is 1.00 bits per heavy atom. The third-order valence-corrected chi connectivity index (χ3v) is 3.20. The zero-order valence-corrected chi connectivity index (χ0v) is 10.8. The maximum atomic E-state index is 4.20. The molecule has 0 heteroatoms. The molecule has 0 saturated heterocycles. The fourth-order valence-corrected chi connectivity index (χ4v) is 2.65. The van der Waals surface area contributed by atoms with Crippen LogP contribution in [0, 0.1) is 16.7 Å². The molecule has 0 nitrogen and oxygen atoms in total. The smallest absolute Gasteiger partial charge is 0.0105 e. The van der Waals surface area contributed by atoms with Crippen LogP contribution in [0.3, 0.4) is 0 Å². The van der Waals surface area contributed by atoms with Crippen LogP contribution in [0.4, 0.5) is 0 Å². The van der Waals surface area contributed by atoms with Crippen molar-refractivity contribution in [3.63, 3.8) is 0 Å². The molecule has 0 fully saturated rings. The summed E-state index contributed by atoms with van der Waals surface area (Å²) in [5.74, 6) is 0.586. The predicted octanol–water partition coefficient (Wildman–Crippen LogP) is 4.58. The standard InChI is InChI=1S/C14H24/c1-9-10(2)12(14(6,7)8)11(9)13(3,4)5/h11H,1H2,2-8H3. The molecule has 0 aromatic carbocycles. The first-order chi connectivity index (χ1) is 6.07. The van der Waals surface area contributed by atoms with Crippen LogP contribution < -0.4 is 0 Å². The first-order valence-corrected chi connectivity index (χ1v) is 5.47. The Balaban J connectivity index is 3.13. The highest BCUT2D eigenvalue weighted by Gasteiger charge is 2.43. The number of hydrogen-bond donors (Lipinski definition) is 0. The fourth-order valence-electron chi connectivity index (χ4n) is 2.65. The molecule has 0 aliphatic heterocycles. The summed E-state index contributed by atoms with van der Waals surface area (Å²) in [6.07, 6.45) is 0. The topological polar surface area (TPSA) is 0 Å². The number of rotatable bonds is 0. The van der Waals surface area contributed by atoms with Gasteiger partial charge in [-0.3, -0.25) is 0 Å². The molecule has 0 aromatic heterocycles. The SMILES string of the molecule is C=C1C(C)=C(C(C)(C)C)C1C(C)(C)C. The molecule has 0 N–H and O–H groups in total. The molecule has 0 heterocycles. The summed E-state index contributed by atoms with van der Waals surface area (Å²) in [5, 5.41) is 0. The molecule has 0 amide bonds. The lowest BCUT2D eigenvalue weighted by atomic mass is 9.56. The minimum atomic E-state index is 0.295. The lowest BCUT2D eigenvalue weighted by Crippen LogP contribution is -2.37. The third kappa shape index (κ3) is 1.67. The summed E-state index contributed by atoms with van der Waals surface area (Å²) < 4.78 is 0. The van der Waals surface area contributed by atoms with Gasteiger partial charge < -0.3 is 0 Å². The Hall–Kier alpha value is -0.520. The Bertz CT molecular complexity index is 289. The molecule has 1 rings (SSSR count). The van der Waals surface area contributed by atoms with Crippen LogP contribution in [0.1, 0.15) is 48.5 Å². The molecular formula is C14H24. The van der Waals surface area contributed by atoms with Gasteiger partial charge in [0.15, 0.2) is 0 Å². The van der Waals surface area contributed by atoms with E-state index in [9.17, 15) is 0 Å². The quantitative estimate of drug-likeness (QED) is 0.527. The third-order valence-electron chi connectivity index (χ3n) is 3.20. The fraction of sp³-hybridized carbons (Fsp3) is 0.714. The van der Waals surface area contributed by atoms with E-state index in [2.05, 4.69) is 55.0 Å². The van der Waals surface area contributed by atoms with Gasteiger partial charge in [-0.05, 0) is 28.9 Å². The first kappa shape index (κ1) is 11.6. The Kier molecular flexibility index (Phi) is 2.46. The molecule has 80 valence electrons. The molecule has 0 radical (unpaired) electrons. The molecule has 0 spiro atoms. The van der Waals surface area contributed by atoms with Crippen molar-refractivity contribution in [1.82, 2.24) is 0 Å². The summed E-state index contributed by atoms with van der Waals surface area (Å²) >= 11 is 0. The van der Waals surface area contributed by atoms with E-state index in [4.69, 9.17) is 0 Å². The second kappa shape index (κ2) is 2.98. The van der Waals surface area contributed by atoms with Gasteiger partial charge >= 0.3 is 0 Å². The van der Waals surface area contributed by atoms with Crippen LogP contribution in [0.25, 0.3) is 0 Å². The van der Waals surface area contributed by atoms with Crippen molar-refractivity contribution < 1.29 is 0 Å². The minimum Gasteiger partial charge on any atom is -0.0949 e. The van der Waals surface area contributed by atoms with Crippen LogP contribution in [-0.4, -0.2) is 0 Å². The monoisotopic (exact) mass is 192 g/mol. The normalized spacial score (nSPS) is 23.9. The second-order valence-corrected chi connectivity index (χ2v) is 6.61. The summed E-state index contributed by atoms with van der Waals surface area (Å²) in [7, 11) is 0. The van der Waals surface area contributed by atoms with E-state index in [-0.39, 0.29) is 0 Å². The molecule has 14 heavy (non-hydrogen) atoms. The van der Waals surface area contributed by atoms with Crippen LogP contribution in [0.15, 0.2) is 23.3 Å². The van der Waals surface area contributed by atoms with Gasteiger partial charge in [-0.1, -0.05) is 53.7 Å². The molecular weight excluding hydrogens is 168 g/mol. The van der Waals surface area contributed by atoms with Gasteiger partial charge in [-0.15, -0.1) is 0 Å². The van der Waals surface area contributed by atoms with Crippen molar-refractivity contribution in [2.24, 2.45) is 16.7 Å². The number of allylic oxidation sites excluding steroid dienone is 3. The lowest BCUT2D eigenvalue weighted by molar-refractivity contribution is 0.255. The van der Waals surface area contributed by atoms with E-state index >= 15 is 0 Å². The van der Waals surface area contributed by atoms with E-state index in [1.54, 1.807) is 5.57 Å². The summed E-state index contributed by atoms with van der Waals surface area (Å²) in [5.41, 5.74) is 5.01. The van der Waals surface area contributed by atoms with Crippen LogP contribution in [-0.2, 0) is 0 Å². The second-order valence-electron chi connectivity index (χ2n) is 6.61. The van der Waals surface area contributed by atoms with Gasteiger partial charge in [0, 0.05) is 5.92 Å². The largest absolute Gasteiger partial charge is 0.0949 e. The predicted molar refractivity (Wildman–Crippen MR) is 64.2 cm³/mol. The molecule has 1 aliphatic rings. The molecule has 1 atom stereocenters.